The van der Waals surface area contributed by atoms with Gasteiger partial charge in [-0.15, -0.1) is 13.2 Å². The van der Waals surface area contributed by atoms with Crippen LogP contribution in [-0.2, 0) is 16.0 Å². The Morgan fingerprint density at radius 3 is 2.56 bits per heavy atom. The average molecular weight is 262 g/mol. The molecule has 1 aromatic carbocycles. The highest BCUT2D eigenvalue weighted by Crippen LogP contribution is 2.25. The average Bonchev–Trinajstić information content (AvgIpc) is 2.27. The molecule has 0 atom stereocenters. The lowest BCUT2D eigenvalue weighted by molar-refractivity contribution is -0.274. The summed E-state index contributed by atoms with van der Waals surface area (Å²) in [6, 6.07) is 4.05. The molecule has 0 radical (unpaired) electrons. The van der Waals surface area contributed by atoms with Gasteiger partial charge in [-0.2, -0.15) is 0 Å². The summed E-state index contributed by atoms with van der Waals surface area (Å²) in [6.07, 6.45) is -4.28. The smallest absolute Gasteiger partial charge is 0.469 e. The predicted molar refractivity (Wildman–Crippen MR) is 58.2 cm³/mol. The zero-order valence-corrected chi connectivity index (χ0v) is 10.0. The van der Waals surface area contributed by atoms with E-state index in [2.05, 4.69) is 9.47 Å². The van der Waals surface area contributed by atoms with Crippen molar-refractivity contribution < 1.29 is 27.4 Å². The lowest BCUT2D eigenvalue weighted by atomic mass is 10.0. The highest BCUT2D eigenvalue weighted by atomic mass is 19.4. The summed E-state index contributed by atoms with van der Waals surface area (Å²) in [5.74, 6) is -0.690. The molecule has 0 aliphatic carbocycles. The quantitative estimate of drug-likeness (QED) is 0.782. The first-order valence-electron chi connectivity index (χ1n) is 5.24. The summed E-state index contributed by atoms with van der Waals surface area (Å²) in [4.78, 5) is 11.0. The van der Waals surface area contributed by atoms with Gasteiger partial charge in [0.25, 0.3) is 0 Å². The Balaban J connectivity index is 2.78. The van der Waals surface area contributed by atoms with Crippen molar-refractivity contribution in [2.24, 2.45) is 0 Å². The van der Waals surface area contributed by atoms with Crippen LogP contribution in [0.25, 0.3) is 0 Å². The fourth-order valence-corrected chi connectivity index (χ4v) is 1.45. The predicted octanol–water partition coefficient (Wildman–Crippen LogP) is 3.00. The molecule has 0 amide bonds. The fraction of sp³-hybridized carbons (Fsp3) is 0.417. The highest BCUT2D eigenvalue weighted by Gasteiger charge is 2.31. The Hall–Kier alpha value is -1.72. The minimum absolute atomic E-state index is 0.118. The normalized spacial score (nSPS) is 11.2. The number of ether oxygens (including phenoxy) is 2. The molecular weight excluding hydrogens is 249 g/mol. The zero-order chi connectivity index (χ0) is 13.8. The molecule has 0 aromatic heterocycles. The van der Waals surface area contributed by atoms with E-state index in [4.69, 9.17) is 0 Å². The number of rotatable bonds is 4. The third-order valence-corrected chi connectivity index (χ3v) is 2.38. The molecule has 1 aromatic rings. The van der Waals surface area contributed by atoms with Crippen molar-refractivity contribution in [3.8, 4) is 5.75 Å². The maximum atomic E-state index is 12.0. The number of aryl methyl sites for hydroxylation is 2. The van der Waals surface area contributed by atoms with E-state index in [1.165, 1.54) is 25.3 Å². The third kappa shape index (κ3) is 4.65. The van der Waals surface area contributed by atoms with Gasteiger partial charge < -0.3 is 9.47 Å². The number of hydrogen-bond acceptors (Lipinski definition) is 3. The maximum absolute atomic E-state index is 12.0. The first kappa shape index (κ1) is 14.3. The second kappa shape index (κ2) is 5.75. The molecule has 18 heavy (non-hydrogen) atoms. The molecule has 100 valence electrons. The van der Waals surface area contributed by atoms with E-state index in [9.17, 15) is 18.0 Å². The van der Waals surface area contributed by atoms with Gasteiger partial charge in [-0.25, -0.2) is 0 Å². The van der Waals surface area contributed by atoms with Crippen molar-refractivity contribution >= 4 is 5.97 Å². The van der Waals surface area contributed by atoms with Crippen LogP contribution in [0.1, 0.15) is 17.5 Å². The standard InChI is InChI=1S/C12H13F3O3/c1-8-3-5-10(18-12(13,14)15)7-9(8)4-6-11(16)17-2/h3,5,7H,4,6H2,1-2H3. The molecule has 0 heterocycles. The van der Waals surface area contributed by atoms with Crippen molar-refractivity contribution in [1.29, 1.82) is 0 Å². The van der Waals surface area contributed by atoms with E-state index in [0.717, 1.165) is 5.56 Å². The van der Waals surface area contributed by atoms with Gasteiger partial charge in [0.2, 0.25) is 0 Å². The van der Waals surface area contributed by atoms with Crippen LogP contribution in [0.5, 0.6) is 5.75 Å². The fourth-order valence-electron chi connectivity index (χ4n) is 1.45. The van der Waals surface area contributed by atoms with Gasteiger partial charge in [0.05, 0.1) is 7.11 Å². The van der Waals surface area contributed by atoms with E-state index in [0.29, 0.717) is 12.0 Å². The van der Waals surface area contributed by atoms with Gasteiger partial charge in [-0.05, 0) is 36.6 Å². The third-order valence-electron chi connectivity index (χ3n) is 2.38. The zero-order valence-electron chi connectivity index (χ0n) is 10.0. The molecule has 0 N–H and O–H groups in total. The molecule has 0 aliphatic rings. The molecule has 3 nitrogen and oxygen atoms in total. The lowest BCUT2D eigenvalue weighted by Crippen LogP contribution is -2.17. The van der Waals surface area contributed by atoms with Crippen molar-refractivity contribution in [2.45, 2.75) is 26.1 Å². The number of esters is 1. The Bertz CT molecular complexity index is 427. The molecule has 0 bridgehead atoms. The number of carbonyl (C=O) groups excluding carboxylic acids is 1. The molecule has 0 spiro atoms. The van der Waals surface area contributed by atoms with Crippen LogP contribution in [0.2, 0.25) is 0 Å². The molecule has 0 saturated carbocycles. The second-order valence-electron chi connectivity index (χ2n) is 3.71. The Labute approximate surface area is 103 Å². The molecule has 0 aliphatic heterocycles. The lowest BCUT2D eigenvalue weighted by Gasteiger charge is -2.11. The minimum atomic E-state index is -4.71. The molecule has 0 unspecified atom stereocenters. The SMILES string of the molecule is COC(=O)CCc1cc(OC(F)(F)F)ccc1C. The topological polar surface area (TPSA) is 35.5 Å². The minimum Gasteiger partial charge on any atom is -0.469 e. The number of alkyl halides is 3. The van der Waals surface area contributed by atoms with Crippen molar-refractivity contribution in [3.05, 3.63) is 29.3 Å². The van der Waals surface area contributed by atoms with Gasteiger partial charge in [0.1, 0.15) is 5.75 Å². The maximum Gasteiger partial charge on any atom is 0.573 e. The van der Waals surface area contributed by atoms with Crippen LogP contribution in [0, 0.1) is 6.92 Å². The second-order valence-corrected chi connectivity index (χ2v) is 3.71. The van der Waals surface area contributed by atoms with E-state index in [-0.39, 0.29) is 12.2 Å². The first-order valence-corrected chi connectivity index (χ1v) is 5.24. The van der Waals surface area contributed by atoms with Crippen LogP contribution in [0.4, 0.5) is 13.2 Å². The van der Waals surface area contributed by atoms with E-state index in [1.807, 2.05) is 0 Å². The summed E-state index contributed by atoms with van der Waals surface area (Å²) in [7, 11) is 1.26. The van der Waals surface area contributed by atoms with Crippen LogP contribution >= 0.6 is 0 Å². The number of hydrogen-bond donors (Lipinski definition) is 0. The van der Waals surface area contributed by atoms with E-state index >= 15 is 0 Å². The van der Waals surface area contributed by atoms with Crippen LogP contribution < -0.4 is 4.74 Å². The van der Waals surface area contributed by atoms with Gasteiger partial charge in [-0.3, -0.25) is 4.79 Å². The molecule has 1 rings (SSSR count). The number of methoxy groups -OCH3 is 1. The summed E-state index contributed by atoms with van der Waals surface area (Å²) in [6.45, 7) is 1.75. The number of carbonyl (C=O) groups is 1. The summed E-state index contributed by atoms with van der Waals surface area (Å²) in [5.41, 5.74) is 1.43. The molecular formula is C12H13F3O3. The summed E-state index contributed by atoms with van der Waals surface area (Å²) in [5, 5.41) is 0. The monoisotopic (exact) mass is 262 g/mol. The summed E-state index contributed by atoms with van der Waals surface area (Å²) < 4.78 is 44.4. The van der Waals surface area contributed by atoms with Crippen molar-refractivity contribution in [2.75, 3.05) is 7.11 Å². The molecule has 6 heteroatoms. The Morgan fingerprint density at radius 2 is 2.00 bits per heavy atom. The molecule has 0 saturated heterocycles. The Kier molecular flexibility index (Phi) is 4.58. The van der Waals surface area contributed by atoms with Gasteiger partial charge in [0, 0.05) is 6.42 Å². The van der Waals surface area contributed by atoms with Crippen LogP contribution in [-0.4, -0.2) is 19.4 Å². The van der Waals surface area contributed by atoms with Crippen LogP contribution in [0.15, 0.2) is 18.2 Å². The first-order chi connectivity index (χ1) is 8.31. The van der Waals surface area contributed by atoms with Gasteiger partial charge in [-0.1, -0.05) is 6.07 Å². The largest absolute Gasteiger partial charge is 0.573 e. The Morgan fingerprint density at radius 1 is 1.33 bits per heavy atom. The van der Waals surface area contributed by atoms with Crippen molar-refractivity contribution in [3.63, 3.8) is 0 Å². The number of halogens is 3. The highest BCUT2D eigenvalue weighted by molar-refractivity contribution is 5.69. The molecule has 0 fully saturated rings. The number of benzene rings is 1. The van der Waals surface area contributed by atoms with Crippen molar-refractivity contribution in [1.82, 2.24) is 0 Å². The van der Waals surface area contributed by atoms with Gasteiger partial charge >= 0.3 is 12.3 Å². The van der Waals surface area contributed by atoms with E-state index < -0.39 is 12.3 Å². The van der Waals surface area contributed by atoms with E-state index in [1.54, 1.807) is 6.92 Å². The van der Waals surface area contributed by atoms with Crippen LogP contribution in [0.3, 0.4) is 0 Å². The summed E-state index contributed by atoms with van der Waals surface area (Å²) >= 11 is 0. The van der Waals surface area contributed by atoms with Gasteiger partial charge in [0.15, 0.2) is 0 Å².